The molecule has 3 rings (SSSR count). The summed E-state index contributed by atoms with van der Waals surface area (Å²) in [6, 6.07) is 13.7. The molecule has 154 valence electrons. The van der Waals surface area contributed by atoms with Crippen LogP contribution in [-0.2, 0) is 4.79 Å². The van der Waals surface area contributed by atoms with Crippen LogP contribution in [0.25, 0.3) is 0 Å². The number of piperazine rings is 1. The summed E-state index contributed by atoms with van der Waals surface area (Å²) in [5.41, 5.74) is 4.85. The Morgan fingerprint density at radius 1 is 0.931 bits per heavy atom. The Morgan fingerprint density at radius 2 is 1.59 bits per heavy atom. The number of hydrogen-bond acceptors (Lipinski definition) is 3. The summed E-state index contributed by atoms with van der Waals surface area (Å²) in [4.78, 5) is 29.0. The fraction of sp³-hybridized carbons (Fsp3) is 0.417. The highest BCUT2D eigenvalue weighted by molar-refractivity contribution is 6.04. The predicted molar refractivity (Wildman–Crippen MR) is 119 cm³/mol. The van der Waals surface area contributed by atoms with Gasteiger partial charge in [0.05, 0.1) is 0 Å². The Kier molecular flexibility index (Phi) is 6.57. The number of hydrogen-bond donors (Lipinski definition) is 1. The molecule has 0 aromatic heterocycles. The third-order valence-electron chi connectivity index (χ3n) is 5.47. The van der Waals surface area contributed by atoms with Crippen molar-refractivity contribution in [1.29, 1.82) is 0 Å². The van der Waals surface area contributed by atoms with Crippen molar-refractivity contribution in [2.45, 2.75) is 34.1 Å². The van der Waals surface area contributed by atoms with Crippen LogP contribution in [-0.4, -0.2) is 42.9 Å². The number of aryl methyl sites for hydroxylation is 2. The number of benzene rings is 2. The molecule has 0 saturated carbocycles. The van der Waals surface area contributed by atoms with Gasteiger partial charge in [-0.05, 0) is 67.3 Å². The smallest absolute Gasteiger partial charge is 0.255 e. The van der Waals surface area contributed by atoms with Crippen LogP contribution in [0.1, 0.15) is 41.8 Å². The van der Waals surface area contributed by atoms with Crippen molar-refractivity contribution in [3.8, 4) is 0 Å². The summed E-state index contributed by atoms with van der Waals surface area (Å²) in [6.07, 6.45) is 0.620. The van der Waals surface area contributed by atoms with Gasteiger partial charge in [0.1, 0.15) is 0 Å². The average molecular weight is 394 g/mol. The minimum absolute atomic E-state index is 0.0990. The summed E-state index contributed by atoms with van der Waals surface area (Å²) in [6.45, 7) is 11.4. The first-order valence-corrected chi connectivity index (χ1v) is 10.3. The van der Waals surface area contributed by atoms with Crippen LogP contribution in [0, 0.1) is 19.8 Å². The van der Waals surface area contributed by atoms with Gasteiger partial charge in [-0.3, -0.25) is 9.59 Å². The average Bonchev–Trinajstić information content (AvgIpc) is 2.70. The van der Waals surface area contributed by atoms with E-state index in [0.717, 1.165) is 43.1 Å². The van der Waals surface area contributed by atoms with Gasteiger partial charge >= 0.3 is 0 Å². The molecule has 0 unspecified atom stereocenters. The number of nitrogens with zero attached hydrogens (tertiary/aromatic N) is 2. The lowest BCUT2D eigenvalue weighted by Crippen LogP contribution is -2.49. The maximum atomic E-state index is 12.5. The lowest BCUT2D eigenvalue weighted by atomic mass is 10.1. The van der Waals surface area contributed by atoms with E-state index in [2.05, 4.69) is 24.1 Å². The van der Waals surface area contributed by atoms with E-state index in [1.165, 1.54) is 5.56 Å². The summed E-state index contributed by atoms with van der Waals surface area (Å²) < 4.78 is 0. The van der Waals surface area contributed by atoms with E-state index >= 15 is 0 Å². The Labute approximate surface area is 173 Å². The van der Waals surface area contributed by atoms with Crippen LogP contribution in [0.15, 0.2) is 42.5 Å². The molecule has 0 aliphatic carbocycles. The van der Waals surface area contributed by atoms with Crippen LogP contribution < -0.4 is 10.2 Å². The Bertz CT molecular complexity index is 866. The van der Waals surface area contributed by atoms with E-state index in [4.69, 9.17) is 0 Å². The van der Waals surface area contributed by atoms with Crippen LogP contribution in [0.5, 0.6) is 0 Å². The van der Waals surface area contributed by atoms with Gasteiger partial charge in [0.25, 0.3) is 5.91 Å². The monoisotopic (exact) mass is 393 g/mol. The van der Waals surface area contributed by atoms with E-state index in [9.17, 15) is 9.59 Å². The second-order valence-electron chi connectivity index (χ2n) is 8.27. The number of anilines is 2. The molecule has 1 N–H and O–H groups in total. The molecule has 1 fully saturated rings. The molecule has 0 radical (unpaired) electrons. The minimum atomic E-state index is -0.0990. The molecule has 2 amide bonds. The number of carbonyl (C=O) groups excluding carboxylic acids is 2. The predicted octanol–water partition coefficient (Wildman–Crippen LogP) is 4.25. The zero-order valence-electron chi connectivity index (χ0n) is 17.9. The first-order valence-electron chi connectivity index (χ1n) is 10.3. The first-order chi connectivity index (χ1) is 13.8. The quantitative estimate of drug-likeness (QED) is 0.826. The largest absolute Gasteiger partial charge is 0.368 e. The summed E-state index contributed by atoms with van der Waals surface area (Å²) >= 11 is 0. The van der Waals surface area contributed by atoms with Crippen molar-refractivity contribution < 1.29 is 9.59 Å². The van der Waals surface area contributed by atoms with Crippen molar-refractivity contribution in [3.63, 3.8) is 0 Å². The van der Waals surface area contributed by atoms with Gasteiger partial charge in [0.2, 0.25) is 5.91 Å². The molecule has 5 heteroatoms. The fourth-order valence-electron chi connectivity index (χ4n) is 3.53. The van der Waals surface area contributed by atoms with Gasteiger partial charge < -0.3 is 15.1 Å². The van der Waals surface area contributed by atoms with Crippen molar-refractivity contribution in [2.24, 2.45) is 5.92 Å². The minimum Gasteiger partial charge on any atom is -0.368 e. The molecule has 0 atom stereocenters. The van der Waals surface area contributed by atoms with E-state index in [1.54, 1.807) is 0 Å². The SMILES string of the molecule is Cc1ccc(C(=O)Nc2ccc(N3CCN(C(=O)CC(C)C)CC3)cc2)cc1C. The Hall–Kier alpha value is -2.82. The van der Waals surface area contributed by atoms with Gasteiger partial charge in [0.15, 0.2) is 0 Å². The highest BCUT2D eigenvalue weighted by atomic mass is 16.2. The van der Waals surface area contributed by atoms with Gasteiger partial charge in [-0.15, -0.1) is 0 Å². The molecule has 1 aliphatic heterocycles. The molecule has 2 aromatic carbocycles. The molecular weight excluding hydrogens is 362 g/mol. The lowest BCUT2D eigenvalue weighted by molar-refractivity contribution is -0.132. The highest BCUT2D eigenvalue weighted by Crippen LogP contribution is 2.21. The number of amides is 2. The fourth-order valence-corrected chi connectivity index (χ4v) is 3.53. The molecule has 2 aromatic rings. The lowest BCUT2D eigenvalue weighted by Gasteiger charge is -2.36. The molecule has 29 heavy (non-hydrogen) atoms. The first kappa shape index (κ1) is 20.9. The van der Waals surface area contributed by atoms with Crippen molar-refractivity contribution in [2.75, 3.05) is 36.4 Å². The van der Waals surface area contributed by atoms with Crippen LogP contribution in [0.3, 0.4) is 0 Å². The zero-order chi connectivity index (χ0) is 21.0. The number of rotatable bonds is 5. The molecule has 0 spiro atoms. The normalized spacial score (nSPS) is 14.2. The second kappa shape index (κ2) is 9.12. The third-order valence-corrected chi connectivity index (χ3v) is 5.47. The standard InChI is InChI=1S/C24H31N3O2/c1-17(2)15-23(28)27-13-11-26(12-14-27)22-9-7-21(8-10-22)25-24(29)20-6-5-18(3)19(4)16-20/h5-10,16-17H,11-15H2,1-4H3,(H,25,29). The topological polar surface area (TPSA) is 52.7 Å². The van der Waals surface area contributed by atoms with Gasteiger partial charge in [-0.25, -0.2) is 0 Å². The van der Waals surface area contributed by atoms with E-state index < -0.39 is 0 Å². The van der Waals surface area contributed by atoms with Gasteiger partial charge in [-0.2, -0.15) is 0 Å². The number of carbonyl (C=O) groups is 2. The molecule has 0 bridgehead atoms. The van der Waals surface area contributed by atoms with Crippen molar-refractivity contribution in [1.82, 2.24) is 4.90 Å². The van der Waals surface area contributed by atoms with E-state index in [1.807, 2.05) is 61.2 Å². The highest BCUT2D eigenvalue weighted by Gasteiger charge is 2.21. The van der Waals surface area contributed by atoms with Crippen LogP contribution in [0.4, 0.5) is 11.4 Å². The maximum Gasteiger partial charge on any atom is 0.255 e. The summed E-state index contributed by atoms with van der Waals surface area (Å²) in [5, 5.41) is 2.96. The summed E-state index contributed by atoms with van der Waals surface area (Å²) in [7, 11) is 0. The van der Waals surface area contributed by atoms with Crippen molar-refractivity contribution >= 4 is 23.2 Å². The number of nitrogens with one attached hydrogen (secondary N) is 1. The molecule has 1 saturated heterocycles. The zero-order valence-corrected chi connectivity index (χ0v) is 17.9. The maximum absolute atomic E-state index is 12.5. The second-order valence-corrected chi connectivity index (χ2v) is 8.27. The van der Waals surface area contributed by atoms with E-state index in [-0.39, 0.29) is 11.8 Å². The van der Waals surface area contributed by atoms with Crippen molar-refractivity contribution in [3.05, 3.63) is 59.2 Å². The molecule has 5 nitrogen and oxygen atoms in total. The third kappa shape index (κ3) is 5.37. The van der Waals surface area contributed by atoms with Crippen LogP contribution >= 0.6 is 0 Å². The van der Waals surface area contributed by atoms with Gasteiger partial charge in [0, 0.05) is 49.5 Å². The van der Waals surface area contributed by atoms with E-state index in [0.29, 0.717) is 17.9 Å². The Balaban J connectivity index is 1.56. The van der Waals surface area contributed by atoms with Gasteiger partial charge in [-0.1, -0.05) is 19.9 Å². The molecule has 1 aliphatic rings. The molecular formula is C24H31N3O2. The van der Waals surface area contributed by atoms with Crippen LogP contribution in [0.2, 0.25) is 0 Å². The Morgan fingerprint density at radius 3 is 2.17 bits per heavy atom. The molecule has 1 heterocycles. The summed E-state index contributed by atoms with van der Waals surface area (Å²) in [5.74, 6) is 0.550.